The molecule has 0 bridgehead atoms. The molecule has 0 saturated carbocycles. The fourth-order valence-electron chi connectivity index (χ4n) is 0.748. The summed E-state index contributed by atoms with van der Waals surface area (Å²) >= 11 is 3.14. The number of rotatable bonds is 2. The van der Waals surface area contributed by atoms with Gasteiger partial charge in [0.15, 0.2) is 0 Å². The first-order chi connectivity index (χ1) is 5.25. The Labute approximate surface area is 71.0 Å². The minimum Gasteiger partial charge on any atom is -0.314 e. The SMILES string of the molecule is O=c1cc[nH]c(=O)n1CCBr. The smallest absolute Gasteiger partial charge is 0.314 e. The lowest BCUT2D eigenvalue weighted by Gasteiger charge is -1.97. The van der Waals surface area contributed by atoms with E-state index < -0.39 is 0 Å². The number of nitrogens with zero attached hydrogens (tertiary/aromatic N) is 1. The molecule has 0 saturated heterocycles. The maximum Gasteiger partial charge on any atom is 0.328 e. The number of hydrogen-bond donors (Lipinski definition) is 1. The number of alkyl halides is 1. The predicted octanol–water partition coefficient (Wildman–Crippen LogP) is -0.0685. The molecule has 0 amide bonds. The Kier molecular flexibility index (Phi) is 2.64. The van der Waals surface area contributed by atoms with E-state index in [1.165, 1.54) is 12.3 Å². The Bertz CT molecular complexity index is 313. The van der Waals surface area contributed by atoms with E-state index in [-0.39, 0.29) is 11.2 Å². The van der Waals surface area contributed by atoms with Gasteiger partial charge < -0.3 is 4.98 Å². The van der Waals surface area contributed by atoms with Crippen LogP contribution in [0.15, 0.2) is 21.9 Å². The summed E-state index contributed by atoms with van der Waals surface area (Å²) in [6, 6.07) is 1.32. The van der Waals surface area contributed by atoms with Gasteiger partial charge in [0.1, 0.15) is 0 Å². The normalized spacial score (nSPS) is 9.91. The molecule has 0 spiro atoms. The number of nitrogens with one attached hydrogen (secondary N) is 1. The van der Waals surface area contributed by atoms with Crippen molar-refractivity contribution in [2.45, 2.75) is 6.54 Å². The van der Waals surface area contributed by atoms with E-state index in [9.17, 15) is 9.59 Å². The summed E-state index contributed by atoms with van der Waals surface area (Å²) in [4.78, 5) is 24.3. The topological polar surface area (TPSA) is 54.9 Å². The summed E-state index contributed by atoms with van der Waals surface area (Å²) in [5.74, 6) is 0. The van der Waals surface area contributed by atoms with Gasteiger partial charge in [-0.2, -0.15) is 0 Å². The summed E-state index contributed by atoms with van der Waals surface area (Å²) in [5.41, 5.74) is -0.634. The monoisotopic (exact) mass is 218 g/mol. The molecule has 1 rings (SSSR count). The van der Waals surface area contributed by atoms with Gasteiger partial charge in [-0.3, -0.25) is 9.36 Å². The van der Waals surface area contributed by atoms with E-state index in [1.54, 1.807) is 0 Å². The second kappa shape index (κ2) is 3.52. The Morgan fingerprint density at radius 3 is 2.82 bits per heavy atom. The number of H-pyrrole nitrogens is 1. The zero-order valence-corrected chi connectivity index (χ0v) is 7.30. The average molecular weight is 219 g/mol. The van der Waals surface area contributed by atoms with Crippen LogP contribution in [0.25, 0.3) is 0 Å². The molecule has 0 fully saturated rings. The van der Waals surface area contributed by atoms with E-state index in [4.69, 9.17) is 0 Å². The van der Waals surface area contributed by atoms with Crippen LogP contribution >= 0.6 is 15.9 Å². The molecular formula is C6H7BrN2O2. The minimum atomic E-state index is -0.364. The maximum atomic E-state index is 11.0. The van der Waals surface area contributed by atoms with Crippen molar-refractivity contribution >= 4 is 15.9 Å². The van der Waals surface area contributed by atoms with Crippen LogP contribution in [0.5, 0.6) is 0 Å². The van der Waals surface area contributed by atoms with Crippen LogP contribution in [-0.4, -0.2) is 14.9 Å². The second-order valence-electron chi connectivity index (χ2n) is 1.96. The van der Waals surface area contributed by atoms with Gasteiger partial charge in [-0.15, -0.1) is 0 Å². The third kappa shape index (κ3) is 1.80. The van der Waals surface area contributed by atoms with Crippen molar-refractivity contribution < 1.29 is 0 Å². The molecule has 4 nitrogen and oxygen atoms in total. The first kappa shape index (κ1) is 8.26. The molecule has 0 radical (unpaired) electrons. The maximum absolute atomic E-state index is 11.0. The zero-order chi connectivity index (χ0) is 8.27. The lowest BCUT2D eigenvalue weighted by atomic mass is 10.6. The molecule has 0 aliphatic carbocycles. The predicted molar refractivity (Wildman–Crippen MR) is 45.1 cm³/mol. The van der Waals surface area contributed by atoms with Gasteiger partial charge in [-0.25, -0.2) is 4.79 Å². The van der Waals surface area contributed by atoms with Crippen molar-refractivity contribution in [2.75, 3.05) is 5.33 Å². The molecular weight excluding hydrogens is 212 g/mol. The molecule has 0 atom stereocenters. The fraction of sp³-hybridized carbons (Fsp3) is 0.333. The largest absolute Gasteiger partial charge is 0.328 e. The van der Waals surface area contributed by atoms with Crippen LogP contribution in [0.4, 0.5) is 0 Å². The number of aromatic nitrogens is 2. The molecule has 1 N–H and O–H groups in total. The van der Waals surface area contributed by atoms with Crippen LogP contribution in [0.2, 0.25) is 0 Å². The standard InChI is InChI=1S/C6H7BrN2O2/c7-2-4-9-5(10)1-3-8-6(9)11/h1,3H,2,4H2,(H,8,11). The second-order valence-corrected chi connectivity index (χ2v) is 2.75. The number of halogens is 1. The van der Waals surface area contributed by atoms with Crippen molar-refractivity contribution in [3.05, 3.63) is 33.1 Å². The van der Waals surface area contributed by atoms with Crippen molar-refractivity contribution in [1.29, 1.82) is 0 Å². The highest BCUT2D eigenvalue weighted by Crippen LogP contribution is 1.79. The Balaban J connectivity index is 3.22. The number of aromatic amines is 1. The highest BCUT2D eigenvalue weighted by molar-refractivity contribution is 9.09. The first-order valence-corrected chi connectivity index (χ1v) is 4.22. The van der Waals surface area contributed by atoms with Gasteiger partial charge in [0.05, 0.1) is 0 Å². The summed E-state index contributed by atoms with van der Waals surface area (Å²) in [5, 5.41) is 0.597. The van der Waals surface area contributed by atoms with E-state index in [0.29, 0.717) is 11.9 Å². The van der Waals surface area contributed by atoms with Gasteiger partial charge >= 0.3 is 5.69 Å². The Hall–Kier alpha value is -0.840. The molecule has 1 aromatic rings. The van der Waals surface area contributed by atoms with Crippen molar-refractivity contribution in [2.24, 2.45) is 0 Å². The molecule has 0 aromatic carbocycles. The molecule has 0 aliphatic rings. The molecule has 0 unspecified atom stereocenters. The van der Waals surface area contributed by atoms with E-state index in [0.717, 1.165) is 4.57 Å². The van der Waals surface area contributed by atoms with Crippen molar-refractivity contribution in [3.63, 3.8) is 0 Å². The Morgan fingerprint density at radius 1 is 1.55 bits per heavy atom. The molecule has 11 heavy (non-hydrogen) atoms. The van der Waals surface area contributed by atoms with Gasteiger partial charge in [0.2, 0.25) is 0 Å². The summed E-state index contributed by atoms with van der Waals surface area (Å²) in [6.45, 7) is 0.398. The van der Waals surface area contributed by atoms with E-state index >= 15 is 0 Å². The quantitative estimate of drug-likeness (QED) is 0.708. The van der Waals surface area contributed by atoms with Crippen LogP contribution in [0, 0.1) is 0 Å². The van der Waals surface area contributed by atoms with Gasteiger partial charge in [-0.1, -0.05) is 15.9 Å². The molecule has 1 heterocycles. The highest BCUT2D eigenvalue weighted by Gasteiger charge is 1.96. The molecule has 0 aliphatic heterocycles. The molecule has 5 heteroatoms. The zero-order valence-electron chi connectivity index (χ0n) is 5.71. The fourth-order valence-corrected chi connectivity index (χ4v) is 1.10. The van der Waals surface area contributed by atoms with Crippen LogP contribution in [0.3, 0.4) is 0 Å². The average Bonchev–Trinajstić information content (AvgIpc) is 1.97. The lowest BCUT2D eigenvalue weighted by Crippen LogP contribution is -2.34. The lowest BCUT2D eigenvalue weighted by molar-refractivity contribution is 0.682. The van der Waals surface area contributed by atoms with Crippen molar-refractivity contribution in [3.8, 4) is 0 Å². The summed E-state index contributed by atoms with van der Waals surface area (Å²) in [6.07, 6.45) is 1.34. The first-order valence-electron chi connectivity index (χ1n) is 3.10. The molecule has 60 valence electrons. The highest BCUT2D eigenvalue weighted by atomic mass is 79.9. The summed E-state index contributed by atoms with van der Waals surface area (Å²) in [7, 11) is 0. The third-order valence-electron chi connectivity index (χ3n) is 1.25. The van der Waals surface area contributed by atoms with Crippen LogP contribution in [0.1, 0.15) is 0 Å². The number of hydrogen-bond acceptors (Lipinski definition) is 2. The van der Waals surface area contributed by atoms with Crippen LogP contribution in [-0.2, 0) is 6.54 Å². The van der Waals surface area contributed by atoms with Crippen molar-refractivity contribution in [1.82, 2.24) is 9.55 Å². The third-order valence-corrected chi connectivity index (χ3v) is 1.61. The van der Waals surface area contributed by atoms with Gasteiger partial charge in [-0.05, 0) is 0 Å². The summed E-state index contributed by atoms with van der Waals surface area (Å²) < 4.78 is 1.13. The van der Waals surface area contributed by atoms with Gasteiger partial charge in [0.25, 0.3) is 5.56 Å². The van der Waals surface area contributed by atoms with Crippen LogP contribution < -0.4 is 11.2 Å². The Morgan fingerprint density at radius 2 is 2.27 bits per heavy atom. The van der Waals surface area contributed by atoms with Gasteiger partial charge in [0, 0.05) is 24.1 Å². The van der Waals surface area contributed by atoms with E-state index in [1.807, 2.05) is 0 Å². The molecule has 1 aromatic heterocycles. The minimum absolute atomic E-state index is 0.270. The van der Waals surface area contributed by atoms with E-state index in [2.05, 4.69) is 20.9 Å².